The standard InChI is InChI=1S/C12H15ClN2O2/c1-9(16)14-7-10-2-4-11(5-3-10)8-15-12(17)6-13/h2-5H,6-8H2,1H3,(H,14,16)(H,15,17). The lowest BCUT2D eigenvalue weighted by atomic mass is 10.1. The van der Waals surface area contributed by atoms with Gasteiger partial charge in [-0.3, -0.25) is 9.59 Å². The molecule has 4 nitrogen and oxygen atoms in total. The zero-order chi connectivity index (χ0) is 12.7. The Bertz CT molecular complexity index is 390. The van der Waals surface area contributed by atoms with Crippen LogP contribution >= 0.6 is 11.6 Å². The molecule has 1 rings (SSSR count). The monoisotopic (exact) mass is 254 g/mol. The molecule has 0 bridgehead atoms. The summed E-state index contributed by atoms with van der Waals surface area (Å²) in [7, 11) is 0. The van der Waals surface area contributed by atoms with Crippen LogP contribution in [0.1, 0.15) is 18.1 Å². The van der Waals surface area contributed by atoms with E-state index >= 15 is 0 Å². The van der Waals surface area contributed by atoms with Crippen molar-refractivity contribution in [3.63, 3.8) is 0 Å². The van der Waals surface area contributed by atoms with Gasteiger partial charge >= 0.3 is 0 Å². The van der Waals surface area contributed by atoms with Crippen molar-refractivity contribution in [1.82, 2.24) is 10.6 Å². The highest BCUT2D eigenvalue weighted by atomic mass is 35.5. The van der Waals surface area contributed by atoms with Gasteiger partial charge in [0, 0.05) is 20.0 Å². The summed E-state index contributed by atoms with van der Waals surface area (Å²) in [5.41, 5.74) is 2.02. The molecule has 0 aliphatic carbocycles. The molecule has 0 aromatic heterocycles. The SMILES string of the molecule is CC(=O)NCc1ccc(CNC(=O)CCl)cc1. The average Bonchev–Trinajstić information content (AvgIpc) is 2.34. The summed E-state index contributed by atoms with van der Waals surface area (Å²) in [6.07, 6.45) is 0. The summed E-state index contributed by atoms with van der Waals surface area (Å²) in [5, 5.41) is 5.39. The number of rotatable bonds is 5. The molecule has 2 amide bonds. The maximum atomic E-state index is 10.9. The molecule has 0 aliphatic heterocycles. The van der Waals surface area contributed by atoms with Crippen LogP contribution in [0.5, 0.6) is 0 Å². The van der Waals surface area contributed by atoms with Crippen molar-refractivity contribution in [3.8, 4) is 0 Å². The minimum absolute atomic E-state index is 0.0272. The zero-order valence-electron chi connectivity index (χ0n) is 9.63. The Labute approximate surface area is 105 Å². The highest BCUT2D eigenvalue weighted by Gasteiger charge is 1.99. The molecule has 0 radical (unpaired) electrons. The highest BCUT2D eigenvalue weighted by Crippen LogP contribution is 2.04. The normalized spacial score (nSPS) is 9.76. The van der Waals surface area contributed by atoms with Gasteiger partial charge in [-0.25, -0.2) is 0 Å². The number of carbonyl (C=O) groups excluding carboxylic acids is 2. The van der Waals surface area contributed by atoms with Crippen molar-refractivity contribution in [1.29, 1.82) is 0 Å². The first kappa shape index (κ1) is 13.5. The van der Waals surface area contributed by atoms with E-state index in [0.717, 1.165) is 11.1 Å². The molecule has 0 heterocycles. The quantitative estimate of drug-likeness (QED) is 0.776. The second-order valence-corrected chi connectivity index (χ2v) is 3.90. The van der Waals surface area contributed by atoms with Crippen LogP contribution < -0.4 is 10.6 Å². The zero-order valence-corrected chi connectivity index (χ0v) is 10.4. The predicted molar refractivity (Wildman–Crippen MR) is 66.5 cm³/mol. The van der Waals surface area contributed by atoms with Crippen molar-refractivity contribution in [2.45, 2.75) is 20.0 Å². The lowest BCUT2D eigenvalue weighted by Crippen LogP contribution is -2.23. The van der Waals surface area contributed by atoms with E-state index in [4.69, 9.17) is 11.6 Å². The van der Waals surface area contributed by atoms with Crippen molar-refractivity contribution < 1.29 is 9.59 Å². The summed E-state index contributed by atoms with van der Waals surface area (Å²) in [6.45, 7) is 2.46. The Balaban J connectivity index is 2.44. The minimum Gasteiger partial charge on any atom is -0.352 e. The summed E-state index contributed by atoms with van der Waals surface area (Å²) >= 11 is 5.36. The van der Waals surface area contributed by atoms with Crippen molar-refractivity contribution in [3.05, 3.63) is 35.4 Å². The van der Waals surface area contributed by atoms with Crippen molar-refractivity contribution in [2.75, 3.05) is 5.88 Å². The van der Waals surface area contributed by atoms with Crippen LogP contribution in [0, 0.1) is 0 Å². The molecule has 17 heavy (non-hydrogen) atoms. The van der Waals surface area contributed by atoms with Gasteiger partial charge in [0.05, 0.1) is 0 Å². The number of carbonyl (C=O) groups is 2. The number of amides is 2. The van der Waals surface area contributed by atoms with E-state index in [1.807, 2.05) is 24.3 Å². The number of nitrogens with one attached hydrogen (secondary N) is 2. The first-order chi connectivity index (χ1) is 8.11. The second kappa shape index (κ2) is 6.91. The van der Waals surface area contributed by atoms with Crippen LogP contribution in [0.15, 0.2) is 24.3 Å². The van der Waals surface area contributed by atoms with Crippen LogP contribution in [0.25, 0.3) is 0 Å². The maximum Gasteiger partial charge on any atom is 0.235 e. The van der Waals surface area contributed by atoms with E-state index in [2.05, 4.69) is 10.6 Å². The number of halogens is 1. The van der Waals surface area contributed by atoms with Crippen LogP contribution in [0.3, 0.4) is 0 Å². The summed E-state index contributed by atoms with van der Waals surface area (Å²) in [5.74, 6) is -0.266. The number of hydrogen-bond donors (Lipinski definition) is 2. The molecule has 1 aromatic rings. The largest absolute Gasteiger partial charge is 0.352 e. The number of benzene rings is 1. The molecule has 2 N–H and O–H groups in total. The van der Waals surface area contributed by atoms with E-state index in [1.54, 1.807) is 0 Å². The average molecular weight is 255 g/mol. The number of hydrogen-bond acceptors (Lipinski definition) is 2. The Morgan fingerprint density at radius 3 is 1.94 bits per heavy atom. The van der Waals surface area contributed by atoms with Crippen molar-refractivity contribution in [2.24, 2.45) is 0 Å². The first-order valence-electron chi connectivity index (χ1n) is 5.26. The predicted octanol–water partition coefficient (Wildman–Crippen LogP) is 1.18. The molecule has 0 atom stereocenters. The third-order valence-electron chi connectivity index (χ3n) is 2.18. The van der Waals surface area contributed by atoms with Gasteiger partial charge in [-0.05, 0) is 11.1 Å². The smallest absolute Gasteiger partial charge is 0.235 e. The molecule has 0 spiro atoms. The third-order valence-corrected chi connectivity index (χ3v) is 2.42. The Morgan fingerprint density at radius 1 is 1.06 bits per heavy atom. The second-order valence-electron chi connectivity index (χ2n) is 3.64. The summed E-state index contributed by atoms with van der Waals surface area (Å²) in [4.78, 5) is 21.7. The fraction of sp³-hybridized carbons (Fsp3) is 0.333. The lowest BCUT2D eigenvalue weighted by Gasteiger charge is -2.05. The van der Waals surface area contributed by atoms with Crippen LogP contribution in [-0.2, 0) is 22.7 Å². The molecular weight excluding hydrogens is 240 g/mol. The number of alkyl halides is 1. The Kier molecular flexibility index (Phi) is 5.49. The van der Waals surface area contributed by atoms with Gasteiger partial charge in [0.25, 0.3) is 0 Å². The minimum atomic E-state index is -0.186. The van der Waals surface area contributed by atoms with Gasteiger partial charge in [0.15, 0.2) is 0 Å². The van der Waals surface area contributed by atoms with Crippen LogP contribution in [-0.4, -0.2) is 17.7 Å². The summed E-state index contributed by atoms with van der Waals surface area (Å²) < 4.78 is 0. The van der Waals surface area contributed by atoms with E-state index in [1.165, 1.54) is 6.92 Å². The van der Waals surface area contributed by atoms with Gasteiger partial charge in [-0.2, -0.15) is 0 Å². The Morgan fingerprint density at radius 2 is 1.53 bits per heavy atom. The van der Waals surface area contributed by atoms with E-state index in [-0.39, 0.29) is 17.7 Å². The van der Waals surface area contributed by atoms with Gasteiger partial charge in [-0.1, -0.05) is 24.3 Å². The van der Waals surface area contributed by atoms with E-state index in [0.29, 0.717) is 13.1 Å². The highest BCUT2D eigenvalue weighted by molar-refractivity contribution is 6.27. The molecule has 0 saturated carbocycles. The van der Waals surface area contributed by atoms with Gasteiger partial charge in [0.1, 0.15) is 5.88 Å². The summed E-state index contributed by atoms with van der Waals surface area (Å²) in [6, 6.07) is 7.65. The fourth-order valence-corrected chi connectivity index (χ4v) is 1.34. The Hall–Kier alpha value is -1.55. The molecule has 0 saturated heterocycles. The van der Waals surface area contributed by atoms with Crippen LogP contribution in [0.2, 0.25) is 0 Å². The molecule has 92 valence electrons. The fourth-order valence-electron chi connectivity index (χ4n) is 1.25. The van der Waals surface area contributed by atoms with E-state index < -0.39 is 0 Å². The topological polar surface area (TPSA) is 58.2 Å². The molecular formula is C12H15ClN2O2. The van der Waals surface area contributed by atoms with Gasteiger partial charge in [0.2, 0.25) is 11.8 Å². The molecule has 1 aromatic carbocycles. The van der Waals surface area contributed by atoms with Crippen molar-refractivity contribution >= 4 is 23.4 Å². The molecule has 0 unspecified atom stereocenters. The molecule has 5 heteroatoms. The van der Waals surface area contributed by atoms with Gasteiger partial charge in [-0.15, -0.1) is 11.6 Å². The lowest BCUT2D eigenvalue weighted by molar-refractivity contribution is -0.119. The maximum absolute atomic E-state index is 10.9. The molecule has 0 aliphatic rings. The van der Waals surface area contributed by atoms with E-state index in [9.17, 15) is 9.59 Å². The molecule has 0 fully saturated rings. The third kappa shape index (κ3) is 5.36. The first-order valence-corrected chi connectivity index (χ1v) is 5.80. The van der Waals surface area contributed by atoms with Gasteiger partial charge < -0.3 is 10.6 Å². The van der Waals surface area contributed by atoms with Crippen LogP contribution in [0.4, 0.5) is 0 Å².